The van der Waals surface area contributed by atoms with Crippen molar-refractivity contribution < 1.29 is 19.5 Å². The summed E-state index contributed by atoms with van der Waals surface area (Å²) in [7, 11) is 0. The Balaban J connectivity index is 2.39. The smallest absolute Gasteiger partial charge is 0.325 e. The van der Waals surface area contributed by atoms with E-state index >= 15 is 0 Å². The third kappa shape index (κ3) is 3.92. The summed E-state index contributed by atoms with van der Waals surface area (Å²) in [6.45, 7) is 5.27. The fourth-order valence-corrected chi connectivity index (χ4v) is 1.70. The lowest BCUT2D eigenvalue weighted by Gasteiger charge is -2.16. The predicted molar refractivity (Wildman–Crippen MR) is 68.2 cm³/mol. The average molecular weight is 271 g/mol. The van der Waals surface area contributed by atoms with Crippen LogP contribution in [-0.2, 0) is 9.59 Å². The van der Waals surface area contributed by atoms with Crippen molar-refractivity contribution in [1.82, 2.24) is 15.5 Å². The van der Waals surface area contributed by atoms with Crippen LogP contribution in [0.2, 0.25) is 0 Å². The second-order valence-corrected chi connectivity index (χ2v) is 5.13. The Morgan fingerprint density at radius 3 is 2.58 bits per heavy atom. The van der Waals surface area contributed by atoms with Crippen LogP contribution in [0.3, 0.4) is 0 Å². The van der Waals surface area contributed by atoms with Crippen molar-refractivity contribution in [2.24, 2.45) is 0 Å². The van der Waals surface area contributed by atoms with Crippen LogP contribution in [-0.4, -0.2) is 52.6 Å². The largest absolute Gasteiger partial charge is 0.391 e. The molecule has 1 saturated heterocycles. The number of carbonyl (C=O) groups is 3. The van der Waals surface area contributed by atoms with Gasteiger partial charge in [0.15, 0.2) is 0 Å². The van der Waals surface area contributed by atoms with Crippen LogP contribution in [0.5, 0.6) is 0 Å². The van der Waals surface area contributed by atoms with Gasteiger partial charge in [-0.1, -0.05) is 6.92 Å². The number of imide groups is 1. The van der Waals surface area contributed by atoms with E-state index in [1.807, 2.05) is 6.92 Å². The molecule has 1 heterocycles. The van der Waals surface area contributed by atoms with Crippen molar-refractivity contribution in [2.45, 2.75) is 45.3 Å². The molecule has 1 rings (SSSR count). The molecule has 0 spiro atoms. The van der Waals surface area contributed by atoms with Crippen molar-refractivity contribution in [3.05, 3.63) is 0 Å². The van der Waals surface area contributed by atoms with E-state index in [2.05, 4.69) is 10.6 Å². The Kier molecular flexibility index (Phi) is 4.88. The second-order valence-electron chi connectivity index (χ2n) is 5.13. The topological polar surface area (TPSA) is 98.7 Å². The first-order valence-corrected chi connectivity index (χ1v) is 6.36. The van der Waals surface area contributed by atoms with Gasteiger partial charge in [0.1, 0.15) is 5.54 Å². The number of aliphatic hydroxyl groups is 1. The molecule has 1 unspecified atom stereocenters. The molecule has 7 nitrogen and oxygen atoms in total. The highest BCUT2D eigenvalue weighted by Crippen LogP contribution is 2.16. The summed E-state index contributed by atoms with van der Waals surface area (Å²) in [6, 6.07) is -0.476. The van der Waals surface area contributed by atoms with Gasteiger partial charge in [-0.3, -0.25) is 14.5 Å². The number of hydrogen-bond acceptors (Lipinski definition) is 4. The molecular formula is C12H21N3O4. The lowest BCUT2D eigenvalue weighted by molar-refractivity contribution is -0.130. The van der Waals surface area contributed by atoms with Gasteiger partial charge in [-0.25, -0.2) is 4.79 Å². The molecule has 0 aromatic carbocycles. The van der Waals surface area contributed by atoms with Crippen molar-refractivity contribution >= 4 is 17.8 Å². The van der Waals surface area contributed by atoms with Crippen LogP contribution in [0.25, 0.3) is 0 Å². The minimum Gasteiger partial charge on any atom is -0.391 e. The van der Waals surface area contributed by atoms with Crippen molar-refractivity contribution in [1.29, 1.82) is 0 Å². The van der Waals surface area contributed by atoms with E-state index in [1.54, 1.807) is 13.8 Å². The summed E-state index contributed by atoms with van der Waals surface area (Å²) in [5.41, 5.74) is -0.911. The van der Waals surface area contributed by atoms with Gasteiger partial charge in [-0.2, -0.15) is 0 Å². The van der Waals surface area contributed by atoms with Gasteiger partial charge in [-0.05, 0) is 20.3 Å². The highest BCUT2D eigenvalue weighted by molar-refractivity contribution is 6.06. The summed E-state index contributed by atoms with van der Waals surface area (Å²) in [4.78, 5) is 35.9. The summed E-state index contributed by atoms with van der Waals surface area (Å²) >= 11 is 0. The van der Waals surface area contributed by atoms with E-state index in [9.17, 15) is 19.5 Å². The maximum atomic E-state index is 11.8. The fourth-order valence-electron chi connectivity index (χ4n) is 1.70. The quantitative estimate of drug-likeness (QED) is 0.572. The fraction of sp³-hybridized carbons (Fsp3) is 0.750. The molecular weight excluding hydrogens is 250 g/mol. The number of nitrogens with one attached hydrogen (secondary N) is 2. The molecule has 0 radical (unpaired) electrons. The van der Waals surface area contributed by atoms with Gasteiger partial charge in [0.25, 0.3) is 5.91 Å². The first-order chi connectivity index (χ1) is 8.77. The van der Waals surface area contributed by atoms with Gasteiger partial charge in [-0.15, -0.1) is 0 Å². The normalized spacial score (nSPS) is 19.3. The van der Waals surface area contributed by atoms with Crippen LogP contribution < -0.4 is 10.6 Å². The Hall–Kier alpha value is -1.63. The van der Waals surface area contributed by atoms with E-state index < -0.39 is 17.7 Å². The summed E-state index contributed by atoms with van der Waals surface area (Å²) in [5.74, 6) is -0.628. The molecule has 1 aliphatic heterocycles. The van der Waals surface area contributed by atoms with Gasteiger partial charge in [0.2, 0.25) is 5.91 Å². The SMILES string of the molecule is CCC(O)CNC(=O)CCN1C(=O)NC(C)(C)C1=O. The van der Waals surface area contributed by atoms with E-state index in [0.29, 0.717) is 6.42 Å². The molecule has 108 valence electrons. The molecule has 0 aromatic rings. The maximum Gasteiger partial charge on any atom is 0.325 e. The number of carbonyl (C=O) groups excluding carboxylic acids is 3. The van der Waals surface area contributed by atoms with Crippen molar-refractivity contribution in [3.8, 4) is 0 Å². The molecule has 1 fully saturated rings. The first-order valence-electron chi connectivity index (χ1n) is 6.36. The zero-order valence-corrected chi connectivity index (χ0v) is 11.5. The van der Waals surface area contributed by atoms with Crippen LogP contribution >= 0.6 is 0 Å². The zero-order valence-electron chi connectivity index (χ0n) is 11.5. The van der Waals surface area contributed by atoms with Crippen LogP contribution in [0.15, 0.2) is 0 Å². The predicted octanol–water partition coefficient (Wildman–Crippen LogP) is -0.406. The van der Waals surface area contributed by atoms with Gasteiger partial charge in [0.05, 0.1) is 6.10 Å². The molecule has 0 bridgehead atoms. The summed E-state index contributed by atoms with van der Waals surface area (Å²) < 4.78 is 0. The summed E-state index contributed by atoms with van der Waals surface area (Å²) in [5, 5.41) is 14.4. The lowest BCUT2D eigenvalue weighted by Crippen LogP contribution is -2.41. The standard InChI is InChI=1S/C12H21N3O4/c1-4-8(16)7-13-9(17)5-6-15-10(18)12(2,3)14-11(15)19/h8,16H,4-7H2,1-3H3,(H,13,17)(H,14,19). The summed E-state index contributed by atoms with van der Waals surface area (Å²) in [6.07, 6.45) is 0.0206. The highest BCUT2D eigenvalue weighted by atomic mass is 16.3. The Labute approximate surface area is 112 Å². The van der Waals surface area contributed by atoms with Crippen molar-refractivity contribution in [2.75, 3.05) is 13.1 Å². The monoisotopic (exact) mass is 271 g/mol. The second kappa shape index (κ2) is 6.01. The molecule has 1 aliphatic rings. The molecule has 1 atom stereocenters. The highest BCUT2D eigenvalue weighted by Gasteiger charge is 2.43. The molecule has 7 heteroatoms. The maximum absolute atomic E-state index is 11.8. The zero-order chi connectivity index (χ0) is 14.6. The number of hydrogen-bond donors (Lipinski definition) is 3. The number of amides is 4. The van der Waals surface area contributed by atoms with Crippen LogP contribution in [0, 0.1) is 0 Å². The molecule has 0 saturated carbocycles. The first kappa shape index (κ1) is 15.4. The average Bonchev–Trinajstić information content (AvgIpc) is 2.53. The number of urea groups is 1. The Morgan fingerprint density at radius 2 is 2.11 bits per heavy atom. The van der Waals surface area contributed by atoms with Crippen molar-refractivity contribution in [3.63, 3.8) is 0 Å². The molecule has 19 heavy (non-hydrogen) atoms. The Bertz CT molecular complexity index is 381. The molecule has 4 amide bonds. The number of rotatable bonds is 6. The van der Waals surface area contributed by atoms with E-state index in [1.165, 1.54) is 0 Å². The van der Waals surface area contributed by atoms with E-state index in [4.69, 9.17) is 0 Å². The molecule has 0 aromatic heterocycles. The lowest BCUT2D eigenvalue weighted by atomic mass is 10.1. The van der Waals surface area contributed by atoms with Crippen LogP contribution in [0.4, 0.5) is 4.79 Å². The minimum atomic E-state index is -0.911. The van der Waals surface area contributed by atoms with Crippen LogP contribution in [0.1, 0.15) is 33.6 Å². The molecule has 0 aliphatic carbocycles. The number of nitrogens with zero attached hydrogens (tertiary/aromatic N) is 1. The minimum absolute atomic E-state index is 0.0334. The molecule has 3 N–H and O–H groups in total. The third-order valence-corrected chi connectivity index (χ3v) is 3.01. The Morgan fingerprint density at radius 1 is 1.47 bits per heavy atom. The van der Waals surface area contributed by atoms with Gasteiger partial charge in [0, 0.05) is 19.5 Å². The third-order valence-electron chi connectivity index (χ3n) is 3.01. The van der Waals surface area contributed by atoms with Gasteiger partial charge >= 0.3 is 6.03 Å². The number of aliphatic hydroxyl groups excluding tert-OH is 1. The van der Waals surface area contributed by atoms with Gasteiger partial charge < -0.3 is 15.7 Å². The van der Waals surface area contributed by atoms with E-state index in [0.717, 1.165) is 4.90 Å². The van der Waals surface area contributed by atoms with E-state index in [-0.39, 0.29) is 31.3 Å².